The van der Waals surface area contributed by atoms with Crippen molar-refractivity contribution in [2.75, 3.05) is 6.61 Å². The number of allylic oxidation sites excluding steroid dienone is 1. The van der Waals surface area contributed by atoms with Gasteiger partial charge in [0.1, 0.15) is 5.60 Å². The molecule has 4 rings (SSSR count). The number of hydrogen-bond donors (Lipinski definition) is 0. The maximum Gasteiger partial charge on any atom is 0.101 e. The van der Waals surface area contributed by atoms with E-state index in [2.05, 4.69) is 20.4 Å². The van der Waals surface area contributed by atoms with Crippen molar-refractivity contribution in [3.05, 3.63) is 23.3 Å². The SMILES string of the molecule is C=C1COC2C1CCC(C)=C1CC3O[C@]3(C)C12. The first-order chi connectivity index (χ1) is 8.11. The molecule has 0 spiro atoms. The summed E-state index contributed by atoms with van der Waals surface area (Å²) in [4.78, 5) is 0. The van der Waals surface area contributed by atoms with Crippen LogP contribution >= 0.6 is 0 Å². The first-order valence-corrected chi connectivity index (χ1v) is 6.77. The van der Waals surface area contributed by atoms with Gasteiger partial charge in [0, 0.05) is 11.8 Å². The zero-order valence-electron chi connectivity index (χ0n) is 10.7. The molecule has 5 atom stereocenters. The Balaban J connectivity index is 1.80. The summed E-state index contributed by atoms with van der Waals surface area (Å²) in [6.45, 7) is 9.54. The lowest BCUT2D eigenvalue weighted by Crippen LogP contribution is -2.34. The van der Waals surface area contributed by atoms with Crippen LogP contribution in [0.1, 0.15) is 33.1 Å². The molecular weight excluding hydrogens is 212 g/mol. The van der Waals surface area contributed by atoms with E-state index in [1.54, 1.807) is 11.1 Å². The Morgan fingerprint density at radius 2 is 2.24 bits per heavy atom. The number of fused-ring (bicyclic) bond motifs is 5. The van der Waals surface area contributed by atoms with Gasteiger partial charge in [-0.25, -0.2) is 0 Å². The zero-order valence-corrected chi connectivity index (χ0v) is 10.7. The normalized spacial score (nSPS) is 52.0. The Kier molecular flexibility index (Phi) is 1.85. The minimum atomic E-state index is 0.0778. The first-order valence-electron chi connectivity index (χ1n) is 6.77. The molecule has 0 N–H and O–H groups in total. The lowest BCUT2D eigenvalue weighted by molar-refractivity contribution is 0.0255. The van der Waals surface area contributed by atoms with E-state index >= 15 is 0 Å². The molecule has 2 aliphatic heterocycles. The van der Waals surface area contributed by atoms with Crippen LogP contribution in [0.3, 0.4) is 0 Å². The van der Waals surface area contributed by atoms with Gasteiger partial charge in [-0.15, -0.1) is 0 Å². The molecule has 3 fully saturated rings. The molecule has 0 aromatic heterocycles. The summed E-state index contributed by atoms with van der Waals surface area (Å²) in [5.41, 5.74) is 4.62. The second kappa shape index (κ2) is 3.04. The van der Waals surface area contributed by atoms with Crippen LogP contribution in [0.2, 0.25) is 0 Å². The molecule has 2 heteroatoms. The van der Waals surface area contributed by atoms with Crippen LogP contribution in [-0.2, 0) is 9.47 Å². The molecule has 0 bridgehead atoms. The van der Waals surface area contributed by atoms with Gasteiger partial charge >= 0.3 is 0 Å². The Hall–Kier alpha value is -0.600. The van der Waals surface area contributed by atoms with Crippen molar-refractivity contribution in [2.45, 2.75) is 50.9 Å². The number of epoxide rings is 1. The summed E-state index contributed by atoms with van der Waals surface area (Å²) < 4.78 is 12.0. The van der Waals surface area contributed by atoms with Crippen molar-refractivity contribution in [3.63, 3.8) is 0 Å². The monoisotopic (exact) mass is 232 g/mol. The maximum absolute atomic E-state index is 6.06. The third-order valence-electron chi connectivity index (χ3n) is 5.47. The van der Waals surface area contributed by atoms with Crippen LogP contribution in [0.5, 0.6) is 0 Å². The van der Waals surface area contributed by atoms with E-state index in [1.165, 1.54) is 18.4 Å². The molecule has 0 amide bonds. The molecule has 1 saturated carbocycles. The molecule has 2 nitrogen and oxygen atoms in total. The summed E-state index contributed by atoms with van der Waals surface area (Å²) in [6.07, 6.45) is 4.39. The number of ether oxygens (including phenoxy) is 2. The summed E-state index contributed by atoms with van der Waals surface area (Å²) in [5, 5.41) is 0. The lowest BCUT2D eigenvalue weighted by atomic mass is 9.81. The van der Waals surface area contributed by atoms with E-state index in [1.807, 2.05) is 0 Å². The smallest absolute Gasteiger partial charge is 0.101 e. The molecule has 0 aromatic rings. The van der Waals surface area contributed by atoms with E-state index in [-0.39, 0.29) is 5.60 Å². The van der Waals surface area contributed by atoms with Gasteiger partial charge in [-0.3, -0.25) is 0 Å². The summed E-state index contributed by atoms with van der Waals surface area (Å²) in [6, 6.07) is 0. The second-order valence-corrected chi connectivity index (χ2v) is 6.36. The van der Waals surface area contributed by atoms with Crippen LogP contribution in [0.25, 0.3) is 0 Å². The Morgan fingerprint density at radius 1 is 1.41 bits per heavy atom. The Morgan fingerprint density at radius 3 is 3.06 bits per heavy atom. The van der Waals surface area contributed by atoms with Gasteiger partial charge in [0.25, 0.3) is 0 Å². The molecule has 92 valence electrons. The van der Waals surface area contributed by atoms with Crippen molar-refractivity contribution >= 4 is 0 Å². The van der Waals surface area contributed by atoms with Crippen LogP contribution in [-0.4, -0.2) is 24.4 Å². The summed E-state index contributed by atoms with van der Waals surface area (Å²) >= 11 is 0. The maximum atomic E-state index is 6.06. The molecule has 2 aliphatic carbocycles. The second-order valence-electron chi connectivity index (χ2n) is 6.36. The fraction of sp³-hybridized carbons (Fsp3) is 0.733. The minimum Gasteiger partial charge on any atom is -0.373 e. The van der Waals surface area contributed by atoms with Crippen molar-refractivity contribution in [2.24, 2.45) is 11.8 Å². The minimum absolute atomic E-state index is 0.0778. The highest BCUT2D eigenvalue weighted by molar-refractivity contribution is 5.37. The van der Waals surface area contributed by atoms with E-state index in [9.17, 15) is 0 Å². The highest BCUT2D eigenvalue weighted by Gasteiger charge is 2.67. The molecule has 17 heavy (non-hydrogen) atoms. The van der Waals surface area contributed by atoms with Gasteiger partial charge in [0.2, 0.25) is 0 Å². The van der Waals surface area contributed by atoms with Crippen LogP contribution in [0.15, 0.2) is 23.3 Å². The van der Waals surface area contributed by atoms with Gasteiger partial charge < -0.3 is 9.47 Å². The number of hydrogen-bond acceptors (Lipinski definition) is 2. The average molecular weight is 232 g/mol. The highest BCUT2D eigenvalue weighted by Crippen LogP contribution is 2.61. The van der Waals surface area contributed by atoms with Gasteiger partial charge in [-0.2, -0.15) is 0 Å². The predicted molar refractivity (Wildman–Crippen MR) is 65.7 cm³/mol. The molecule has 2 heterocycles. The zero-order chi connectivity index (χ0) is 11.8. The topological polar surface area (TPSA) is 21.8 Å². The van der Waals surface area contributed by atoms with Crippen LogP contribution in [0, 0.1) is 11.8 Å². The summed E-state index contributed by atoms with van der Waals surface area (Å²) in [7, 11) is 0. The average Bonchev–Trinajstić information content (AvgIpc) is 2.72. The predicted octanol–water partition coefficient (Wildman–Crippen LogP) is 2.85. The van der Waals surface area contributed by atoms with Crippen LogP contribution in [0.4, 0.5) is 0 Å². The lowest BCUT2D eigenvalue weighted by Gasteiger charge is -2.28. The first kappa shape index (κ1) is 10.3. The third-order valence-corrected chi connectivity index (χ3v) is 5.47. The van der Waals surface area contributed by atoms with Crippen molar-refractivity contribution in [1.29, 1.82) is 0 Å². The molecule has 0 radical (unpaired) electrons. The largest absolute Gasteiger partial charge is 0.373 e. The quantitative estimate of drug-likeness (QED) is 0.473. The van der Waals surface area contributed by atoms with E-state index < -0.39 is 0 Å². The third kappa shape index (κ3) is 1.18. The fourth-order valence-corrected chi connectivity index (χ4v) is 4.32. The van der Waals surface area contributed by atoms with E-state index in [0.29, 0.717) is 24.0 Å². The van der Waals surface area contributed by atoms with Crippen molar-refractivity contribution in [3.8, 4) is 0 Å². The van der Waals surface area contributed by atoms with Gasteiger partial charge in [0.05, 0.1) is 18.8 Å². The van der Waals surface area contributed by atoms with Crippen molar-refractivity contribution < 1.29 is 9.47 Å². The summed E-state index contributed by atoms with van der Waals surface area (Å²) in [5.74, 6) is 1.06. The van der Waals surface area contributed by atoms with E-state index in [4.69, 9.17) is 9.47 Å². The Labute approximate surface area is 103 Å². The van der Waals surface area contributed by atoms with Crippen molar-refractivity contribution in [1.82, 2.24) is 0 Å². The standard InChI is InChI=1S/C15H20O2/c1-8-4-5-10-9(2)7-16-14(10)13-11(8)6-12-15(13,3)17-12/h10,12-14H,2,4-7H2,1,3H3/t10?,12?,13?,14?,15-/m0/s1. The van der Waals surface area contributed by atoms with Gasteiger partial charge in [-0.05, 0) is 38.7 Å². The highest BCUT2D eigenvalue weighted by atomic mass is 16.6. The molecule has 4 unspecified atom stereocenters. The van der Waals surface area contributed by atoms with E-state index in [0.717, 1.165) is 13.0 Å². The molecule has 4 aliphatic rings. The Bertz CT molecular complexity index is 436. The molecular formula is C15H20O2. The van der Waals surface area contributed by atoms with Gasteiger partial charge in [0.15, 0.2) is 0 Å². The number of rotatable bonds is 0. The van der Waals surface area contributed by atoms with Crippen LogP contribution < -0.4 is 0 Å². The van der Waals surface area contributed by atoms with Gasteiger partial charge in [-0.1, -0.05) is 17.7 Å². The molecule has 0 aromatic carbocycles. The fourth-order valence-electron chi connectivity index (χ4n) is 4.32. The molecule has 2 saturated heterocycles.